The first-order valence-electron chi connectivity index (χ1n) is 4.48. The molecule has 0 radical (unpaired) electrons. The van der Waals surface area contributed by atoms with Crippen molar-refractivity contribution in [2.45, 2.75) is 19.4 Å². The van der Waals surface area contributed by atoms with Gasteiger partial charge < -0.3 is 9.47 Å². The fourth-order valence-electron chi connectivity index (χ4n) is 0.863. The normalized spacial score (nSPS) is 12.1. The zero-order valence-electron chi connectivity index (χ0n) is 9.04. The summed E-state index contributed by atoms with van der Waals surface area (Å²) in [5.41, 5.74) is 0. The Kier molecular flexibility index (Phi) is 6.50. The second kappa shape index (κ2) is 7.38. The van der Waals surface area contributed by atoms with Crippen LogP contribution in [0.2, 0.25) is 0 Å². The van der Waals surface area contributed by atoms with Gasteiger partial charge in [0.1, 0.15) is 6.61 Å². The summed E-state index contributed by atoms with van der Waals surface area (Å²) < 4.78 is 8.83. The molecule has 0 aromatic carbocycles. The first-order valence-corrected chi connectivity index (χ1v) is 4.48. The van der Waals surface area contributed by atoms with Crippen LogP contribution in [0, 0.1) is 10.1 Å². The molecule has 0 fully saturated rings. The van der Waals surface area contributed by atoms with Crippen molar-refractivity contribution in [2.75, 3.05) is 13.7 Å². The van der Waals surface area contributed by atoms with Crippen molar-refractivity contribution in [1.29, 1.82) is 0 Å². The molecule has 7 nitrogen and oxygen atoms in total. The first-order chi connectivity index (χ1) is 7.49. The Bertz CT molecular complexity index is 298. The van der Waals surface area contributed by atoms with Gasteiger partial charge in [-0.1, -0.05) is 12.2 Å². The van der Waals surface area contributed by atoms with Gasteiger partial charge in [-0.15, -0.1) is 0 Å². The highest BCUT2D eigenvalue weighted by Gasteiger charge is 2.28. The highest BCUT2D eigenvalue weighted by Crippen LogP contribution is 2.01. The van der Waals surface area contributed by atoms with Crippen LogP contribution in [0.15, 0.2) is 12.2 Å². The first kappa shape index (κ1) is 14.1. The number of carbonyl (C=O) groups excluding carboxylic acids is 2. The van der Waals surface area contributed by atoms with E-state index in [2.05, 4.69) is 9.47 Å². The average Bonchev–Trinajstić information content (AvgIpc) is 2.21. The predicted molar refractivity (Wildman–Crippen MR) is 53.2 cm³/mol. The third-order valence-electron chi connectivity index (χ3n) is 1.64. The number of hydrogen-bond donors (Lipinski definition) is 0. The van der Waals surface area contributed by atoms with Crippen molar-refractivity contribution in [3.05, 3.63) is 22.3 Å². The van der Waals surface area contributed by atoms with Gasteiger partial charge in [0.15, 0.2) is 0 Å². The summed E-state index contributed by atoms with van der Waals surface area (Å²) in [4.78, 5) is 31.0. The Morgan fingerprint density at radius 3 is 2.50 bits per heavy atom. The fraction of sp³-hybridized carbons (Fsp3) is 0.556. The van der Waals surface area contributed by atoms with Crippen molar-refractivity contribution in [2.24, 2.45) is 0 Å². The number of carbonyl (C=O) groups is 2. The lowest BCUT2D eigenvalue weighted by molar-refractivity contribution is -0.509. The van der Waals surface area contributed by atoms with Crippen molar-refractivity contribution in [3.63, 3.8) is 0 Å². The molecule has 0 aliphatic rings. The summed E-state index contributed by atoms with van der Waals surface area (Å²) in [5, 5.41) is 10.5. The molecular weight excluding hydrogens is 218 g/mol. The minimum Gasteiger partial charge on any atom is -0.464 e. The molecule has 0 N–H and O–H groups in total. The third-order valence-corrected chi connectivity index (χ3v) is 1.64. The van der Waals surface area contributed by atoms with Gasteiger partial charge in [-0.2, -0.15) is 0 Å². The molecule has 0 aromatic rings. The molecule has 0 saturated heterocycles. The summed E-state index contributed by atoms with van der Waals surface area (Å²) in [6, 6.07) is -1.42. The molecule has 0 aromatic heterocycles. The van der Waals surface area contributed by atoms with E-state index in [0.29, 0.717) is 0 Å². The lowest BCUT2D eigenvalue weighted by Gasteiger charge is -2.03. The molecule has 90 valence electrons. The molecule has 0 aliphatic heterocycles. The smallest absolute Gasteiger partial charge is 0.381 e. The second-order valence-electron chi connectivity index (χ2n) is 2.83. The maximum atomic E-state index is 10.9. The zero-order valence-corrected chi connectivity index (χ0v) is 9.04. The van der Waals surface area contributed by atoms with Crippen LogP contribution < -0.4 is 0 Å². The van der Waals surface area contributed by atoms with Gasteiger partial charge in [-0.05, 0) is 0 Å². The largest absolute Gasteiger partial charge is 0.464 e. The van der Waals surface area contributed by atoms with Gasteiger partial charge in [0.2, 0.25) is 0 Å². The predicted octanol–water partition coefficient (Wildman–Crippen LogP) is 0.314. The van der Waals surface area contributed by atoms with Crippen molar-refractivity contribution >= 4 is 11.9 Å². The van der Waals surface area contributed by atoms with E-state index in [4.69, 9.17) is 0 Å². The highest BCUT2D eigenvalue weighted by molar-refractivity contribution is 5.74. The Morgan fingerprint density at radius 2 is 2.06 bits per heavy atom. The number of hydrogen-bond acceptors (Lipinski definition) is 6. The molecule has 0 amide bonds. The van der Waals surface area contributed by atoms with E-state index in [-0.39, 0.29) is 13.0 Å². The van der Waals surface area contributed by atoms with Crippen LogP contribution in [-0.4, -0.2) is 36.6 Å². The maximum absolute atomic E-state index is 10.9. The molecule has 0 spiro atoms. The van der Waals surface area contributed by atoms with Gasteiger partial charge in [0.25, 0.3) is 0 Å². The highest BCUT2D eigenvalue weighted by atomic mass is 16.6. The monoisotopic (exact) mass is 231 g/mol. The molecular formula is C9H13NO6. The lowest BCUT2D eigenvalue weighted by Crippen LogP contribution is -2.30. The standard InChI is InChI=1S/C9H13NO6/c1-7(11)16-6-4-3-5-8(10(13)14)9(12)15-2/h3-4,8H,5-6H2,1-2H3/b4-3+. The van der Waals surface area contributed by atoms with Crippen molar-refractivity contribution < 1.29 is 24.0 Å². The lowest BCUT2D eigenvalue weighted by atomic mass is 10.2. The van der Waals surface area contributed by atoms with E-state index in [1.807, 2.05) is 0 Å². The number of nitrogens with zero attached hydrogens (tertiary/aromatic N) is 1. The summed E-state index contributed by atoms with van der Waals surface area (Å²) in [6.07, 6.45) is 2.73. The molecule has 1 unspecified atom stereocenters. The van der Waals surface area contributed by atoms with Gasteiger partial charge >= 0.3 is 18.0 Å². The molecule has 1 atom stereocenters. The quantitative estimate of drug-likeness (QED) is 0.282. The SMILES string of the molecule is COC(=O)C(C/C=C/COC(C)=O)[N+](=O)[O-]. The summed E-state index contributed by atoms with van der Waals surface area (Å²) in [5.74, 6) is -1.34. The van der Waals surface area contributed by atoms with Crippen LogP contribution in [0.25, 0.3) is 0 Å². The summed E-state index contributed by atoms with van der Waals surface area (Å²) in [6.45, 7) is 1.28. The van der Waals surface area contributed by atoms with E-state index in [9.17, 15) is 19.7 Å². The zero-order chi connectivity index (χ0) is 12.6. The van der Waals surface area contributed by atoms with Gasteiger partial charge in [-0.25, -0.2) is 4.79 Å². The Morgan fingerprint density at radius 1 is 1.44 bits per heavy atom. The number of methoxy groups -OCH3 is 1. The minimum absolute atomic E-state index is 0.0287. The fourth-order valence-corrected chi connectivity index (χ4v) is 0.863. The van der Waals surface area contributed by atoms with Gasteiger partial charge in [0.05, 0.1) is 7.11 Å². The van der Waals surface area contributed by atoms with Crippen molar-refractivity contribution in [3.8, 4) is 0 Å². The van der Waals surface area contributed by atoms with E-state index in [1.165, 1.54) is 19.1 Å². The van der Waals surface area contributed by atoms with E-state index in [1.54, 1.807) is 0 Å². The molecule has 0 heterocycles. The summed E-state index contributed by atoms with van der Waals surface area (Å²) in [7, 11) is 1.08. The Balaban J connectivity index is 4.07. The molecule has 16 heavy (non-hydrogen) atoms. The average molecular weight is 231 g/mol. The number of ether oxygens (including phenoxy) is 2. The molecule has 0 aliphatic carbocycles. The van der Waals surface area contributed by atoms with E-state index < -0.39 is 22.9 Å². The van der Waals surface area contributed by atoms with E-state index >= 15 is 0 Å². The van der Waals surface area contributed by atoms with Crippen LogP contribution in [0.5, 0.6) is 0 Å². The topological polar surface area (TPSA) is 95.7 Å². The Hall–Kier alpha value is -1.92. The van der Waals surface area contributed by atoms with Crippen LogP contribution in [0.1, 0.15) is 13.3 Å². The third kappa shape index (κ3) is 5.74. The minimum atomic E-state index is -1.42. The molecule has 0 bridgehead atoms. The maximum Gasteiger partial charge on any atom is 0.381 e. The second-order valence-corrected chi connectivity index (χ2v) is 2.83. The Labute approximate surface area is 92.2 Å². The van der Waals surface area contributed by atoms with Crippen LogP contribution >= 0.6 is 0 Å². The number of nitro groups is 1. The van der Waals surface area contributed by atoms with Gasteiger partial charge in [0, 0.05) is 18.3 Å². The van der Waals surface area contributed by atoms with Gasteiger partial charge in [-0.3, -0.25) is 14.9 Å². The van der Waals surface area contributed by atoms with Crippen LogP contribution in [0.4, 0.5) is 0 Å². The number of esters is 2. The van der Waals surface area contributed by atoms with Crippen LogP contribution in [0.3, 0.4) is 0 Å². The van der Waals surface area contributed by atoms with Crippen LogP contribution in [-0.2, 0) is 19.1 Å². The summed E-state index contributed by atoms with van der Waals surface area (Å²) >= 11 is 0. The molecule has 7 heteroatoms. The molecule has 0 saturated carbocycles. The number of rotatable bonds is 6. The van der Waals surface area contributed by atoms with E-state index in [0.717, 1.165) is 7.11 Å². The van der Waals surface area contributed by atoms with Crippen molar-refractivity contribution in [1.82, 2.24) is 0 Å². The molecule has 0 rings (SSSR count).